The molecule has 2 N–H and O–H groups in total. The number of anilines is 3. The van der Waals surface area contributed by atoms with Gasteiger partial charge >= 0.3 is 0 Å². The van der Waals surface area contributed by atoms with Gasteiger partial charge in [0.05, 0.1) is 60.1 Å². The van der Waals surface area contributed by atoms with E-state index in [4.69, 9.17) is 14.8 Å². The zero-order chi connectivity index (χ0) is 26.3. The standard InChI is InChI=1S/C26H28N8O3S/c1-32(38(2,35)36)23-6-4-3-5-20(23)24-10-8-19-16-27-26(31-34(19)24)28-18-7-9-21-22(15-18)30-25(29-21)17-33-11-13-37-14-12-33/h3-10,15-16H,11-14,17H2,1-2H3,(H,28,31)(H,29,30). The van der Waals surface area contributed by atoms with E-state index in [9.17, 15) is 8.42 Å². The Morgan fingerprint density at radius 2 is 1.92 bits per heavy atom. The maximum atomic E-state index is 12.2. The fourth-order valence-corrected chi connectivity index (χ4v) is 5.14. The van der Waals surface area contributed by atoms with E-state index in [1.54, 1.807) is 23.8 Å². The molecule has 0 aliphatic carbocycles. The smallest absolute Gasteiger partial charge is 0.245 e. The lowest BCUT2D eigenvalue weighted by molar-refractivity contribution is 0.0332. The minimum atomic E-state index is -3.43. The van der Waals surface area contributed by atoms with Crippen LogP contribution in [0, 0.1) is 0 Å². The second-order valence-electron chi connectivity index (χ2n) is 9.31. The molecule has 0 saturated carbocycles. The number of aromatic amines is 1. The minimum Gasteiger partial charge on any atom is -0.379 e. The largest absolute Gasteiger partial charge is 0.379 e. The predicted molar refractivity (Wildman–Crippen MR) is 147 cm³/mol. The summed E-state index contributed by atoms with van der Waals surface area (Å²) in [4.78, 5) is 14.9. The Bertz CT molecular complexity index is 1720. The molecule has 1 aliphatic rings. The van der Waals surface area contributed by atoms with Crippen molar-refractivity contribution in [3.05, 3.63) is 66.6 Å². The van der Waals surface area contributed by atoms with Gasteiger partial charge in [-0.15, -0.1) is 5.10 Å². The highest BCUT2D eigenvalue weighted by atomic mass is 32.2. The number of nitrogens with one attached hydrogen (secondary N) is 2. The molecule has 0 atom stereocenters. The van der Waals surface area contributed by atoms with Gasteiger partial charge in [-0.2, -0.15) is 0 Å². The van der Waals surface area contributed by atoms with E-state index in [2.05, 4.69) is 20.2 Å². The number of hydrogen-bond acceptors (Lipinski definition) is 8. The molecule has 0 bridgehead atoms. The third-order valence-electron chi connectivity index (χ3n) is 6.68. The summed E-state index contributed by atoms with van der Waals surface area (Å²) in [6.07, 6.45) is 2.92. The van der Waals surface area contributed by atoms with Crippen molar-refractivity contribution < 1.29 is 13.2 Å². The Morgan fingerprint density at radius 3 is 2.74 bits per heavy atom. The van der Waals surface area contributed by atoms with Crippen molar-refractivity contribution >= 4 is 43.9 Å². The SMILES string of the molecule is CN(c1ccccc1-c1ccc2cnc(Nc3ccc4nc(CN5CCOCC5)[nH]c4c3)nn12)S(C)(=O)=O. The van der Waals surface area contributed by atoms with E-state index < -0.39 is 10.0 Å². The maximum absolute atomic E-state index is 12.2. The summed E-state index contributed by atoms with van der Waals surface area (Å²) in [5.41, 5.74) is 5.52. The second kappa shape index (κ2) is 9.71. The predicted octanol–water partition coefficient (Wildman–Crippen LogP) is 3.24. The highest BCUT2D eigenvalue weighted by Crippen LogP contribution is 2.32. The first-order valence-electron chi connectivity index (χ1n) is 12.3. The monoisotopic (exact) mass is 532 g/mol. The number of fused-ring (bicyclic) bond motifs is 2. The van der Waals surface area contributed by atoms with Crippen molar-refractivity contribution in [2.45, 2.75) is 6.54 Å². The van der Waals surface area contributed by atoms with E-state index in [1.165, 1.54) is 10.6 Å². The fraction of sp³-hybridized carbons (Fsp3) is 0.269. The van der Waals surface area contributed by atoms with E-state index >= 15 is 0 Å². The van der Waals surface area contributed by atoms with Crippen LogP contribution in [0.4, 0.5) is 17.3 Å². The van der Waals surface area contributed by atoms with Gasteiger partial charge in [-0.1, -0.05) is 18.2 Å². The van der Waals surface area contributed by atoms with Gasteiger partial charge in [-0.3, -0.25) is 9.21 Å². The third kappa shape index (κ3) is 4.80. The molecule has 0 unspecified atom stereocenters. The molecule has 38 heavy (non-hydrogen) atoms. The van der Waals surface area contributed by atoms with Gasteiger partial charge in [0.15, 0.2) is 0 Å². The number of aromatic nitrogens is 5. The van der Waals surface area contributed by atoms with Crippen LogP contribution in [-0.4, -0.2) is 77.5 Å². The molecule has 1 saturated heterocycles. The number of sulfonamides is 1. The van der Waals surface area contributed by atoms with Gasteiger partial charge in [-0.25, -0.2) is 22.9 Å². The van der Waals surface area contributed by atoms with Crippen LogP contribution in [0.25, 0.3) is 27.8 Å². The summed E-state index contributed by atoms with van der Waals surface area (Å²) >= 11 is 0. The van der Waals surface area contributed by atoms with E-state index in [1.807, 2.05) is 48.5 Å². The summed E-state index contributed by atoms with van der Waals surface area (Å²) in [7, 11) is -1.89. The van der Waals surface area contributed by atoms with Gasteiger partial charge in [0.25, 0.3) is 0 Å². The van der Waals surface area contributed by atoms with Crippen molar-refractivity contribution in [1.29, 1.82) is 0 Å². The summed E-state index contributed by atoms with van der Waals surface area (Å²) in [5, 5.41) is 8.00. The first-order valence-corrected chi connectivity index (χ1v) is 14.1. The topological polar surface area (TPSA) is 121 Å². The summed E-state index contributed by atoms with van der Waals surface area (Å²) < 4.78 is 32.9. The molecule has 1 aliphatic heterocycles. The van der Waals surface area contributed by atoms with Crippen molar-refractivity contribution in [3.63, 3.8) is 0 Å². The number of H-pyrrole nitrogens is 1. The van der Waals surface area contributed by atoms with Gasteiger partial charge in [0.1, 0.15) is 5.82 Å². The van der Waals surface area contributed by atoms with Crippen LogP contribution >= 0.6 is 0 Å². The number of morpholine rings is 1. The number of nitrogens with zero attached hydrogens (tertiary/aromatic N) is 6. The Balaban J connectivity index is 1.29. The number of para-hydroxylation sites is 1. The second-order valence-corrected chi connectivity index (χ2v) is 11.3. The summed E-state index contributed by atoms with van der Waals surface area (Å²) in [6, 6.07) is 17.1. The van der Waals surface area contributed by atoms with E-state index in [0.717, 1.165) is 72.2 Å². The van der Waals surface area contributed by atoms with Crippen LogP contribution in [0.2, 0.25) is 0 Å². The molecule has 3 aromatic heterocycles. The molecular weight excluding hydrogens is 504 g/mol. The number of hydrogen-bond donors (Lipinski definition) is 2. The summed E-state index contributed by atoms with van der Waals surface area (Å²) in [6.45, 7) is 4.07. The maximum Gasteiger partial charge on any atom is 0.245 e. The van der Waals surface area contributed by atoms with Gasteiger partial charge in [-0.05, 0) is 36.4 Å². The van der Waals surface area contributed by atoms with E-state index in [-0.39, 0.29) is 0 Å². The lowest BCUT2D eigenvalue weighted by Gasteiger charge is -2.25. The molecule has 196 valence electrons. The molecule has 5 aromatic rings. The molecule has 4 heterocycles. The van der Waals surface area contributed by atoms with E-state index in [0.29, 0.717) is 11.6 Å². The van der Waals surface area contributed by atoms with Crippen LogP contribution in [0.1, 0.15) is 5.82 Å². The first-order chi connectivity index (χ1) is 18.3. The quantitative estimate of drug-likeness (QED) is 0.328. The lowest BCUT2D eigenvalue weighted by atomic mass is 10.1. The molecule has 6 rings (SSSR count). The van der Waals surface area contributed by atoms with Gasteiger partial charge < -0.3 is 15.0 Å². The Hall–Kier alpha value is -4.00. The van der Waals surface area contributed by atoms with Crippen molar-refractivity contribution in [2.75, 3.05) is 49.2 Å². The van der Waals surface area contributed by atoms with Crippen molar-refractivity contribution in [2.24, 2.45) is 0 Å². The van der Waals surface area contributed by atoms with Crippen LogP contribution in [0.3, 0.4) is 0 Å². The third-order valence-corrected chi connectivity index (χ3v) is 7.87. The fourth-order valence-electron chi connectivity index (χ4n) is 4.62. The Morgan fingerprint density at radius 1 is 1.11 bits per heavy atom. The first kappa shape index (κ1) is 24.3. The normalized spacial score (nSPS) is 14.8. The number of rotatable bonds is 7. The number of imidazole rings is 1. The highest BCUT2D eigenvalue weighted by Gasteiger charge is 2.19. The van der Waals surface area contributed by atoms with Crippen LogP contribution in [-0.2, 0) is 21.3 Å². The molecule has 0 radical (unpaired) electrons. The van der Waals surface area contributed by atoms with Crippen molar-refractivity contribution in [1.82, 2.24) is 29.5 Å². The van der Waals surface area contributed by atoms with Crippen molar-refractivity contribution in [3.8, 4) is 11.3 Å². The van der Waals surface area contributed by atoms with Crippen LogP contribution in [0.5, 0.6) is 0 Å². The molecule has 1 fully saturated rings. The van der Waals surface area contributed by atoms with Crippen LogP contribution < -0.4 is 9.62 Å². The molecule has 0 amide bonds. The molecule has 0 spiro atoms. The average molecular weight is 533 g/mol. The van der Waals surface area contributed by atoms with Gasteiger partial charge in [0, 0.05) is 31.4 Å². The average Bonchev–Trinajstić information content (AvgIpc) is 3.51. The number of ether oxygens (including phenoxy) is 1. The molecule has 11 nitrogen and oxygen atoms in total. The lowest BCUT2D eigenvalue weighted by Crippen LogP contribution is -2.35. The Labute approximate surface area is 220 Å². The zero-order valence-corrected chi connectivity index (χ0v) is 21.9. The molecular formula is C26H28N8O3S. The molecule has 2 aromatic carbocycles. The molecule has 12 heteroatoms. The Kier molecular flexibility index (Phi) is 6.22. The van der Waals surface area contributed by atoms with Crippen LogP contribution in [0.15, 0.2) is 60.8 Å². The zero-order valence-electron chi connectivity index (χ0n) is 21.1. The highest BCUT2D eigenvalue weighted by molar-refractivity contribution is 7.92. The number of benzene rings is 2. The van der Waals surface area contributed by atoms with Gasteiger partial charge in [0.2, 0.25) is 16.0 Å². The minimum absolute atomic E-state index is 0.413. The summed E-state index contributed by atoms with van der Waals surface area (Å²) in [5.74, 6) is 1.34.